The molecule has 1 atom stereocenters. The molecule has 0 bridgehead atoms. The summed E-state index contributed by atoms with van der Waals surface area (Å²) in [5.41, 5.74) is 2.15. The molecule has 0 saturated heterocycles. The van der Waals surface area contributed by atoms with Crippen LogP contribution in [0.25, 0.3) is 0 Å². The average Bonchev–Trinajstić information content (AvgIpc) is 2.57. The highest BCUT2D eigenvalue weighted by atomic mass is 32.2. The van der Waals surface area contributed by atoms with E-state index in [1.54, 1.807) is 24.3 Å². The third-order valence-corrected chi connectivity index (χ3v) is 3.36. The van der Waals surface area contributed by atoms with Gasteiger partial charge in [0.2, 0.25) is 11.9 Å². The SMILES string of the molecule is O=S(O)Nc1ccc(Nc2ncnc(Nc3ccccc3)n2)cc1. The van der Waals surface area contributed by atoms with E-state index in [-0.39, 0.29) is 0 Å². The van der Waals surface area contributed by atoms with Gasteiger partial charge in [0.05, 0.1) is 0 Å². The van der Waals surface area contributed by atoms with Gasteiger partial charge in [-0.05, 0) is 36.4 Å². The smallest absolute Gasteiger partial charge is 0.259 e. The summed E-state index contributed by atoms with van der Waals surface area (Å²) in [6.45, 7) is 0. The summed E-state index contributed by atoms with van der Waals surface area (Å²) in [5.74, 6) is 0.808. The summed E-state index contributed by atoms with van der Waals surface area (Å²) in [6, 6.07) is 16.4. The number of rotatable bonds is 6. The number of nitrogens with one attached hydrogen (secondary N) is 3. The highest BCUT2D eigenvalue weighted by Gasteiger charge is 2.03. The maximum Gasteiger partial charge on any atom is 0.259 e. The Morgan fingerprint density at radius 2 is 1.33 bits per heavy atom. The van der Waals surface area contributed by atoms with Gasteiger partial charge in [-0.2, -0.15) is 4.98 Å². The minimum absolute atomic E-state index is 0.384. The van der Waals surface area contributed by atoms with Crippen LogP contribution in [-0.4, -0.2) is 23.7 Å². The molecule has 3 rings (SSSR count). The summed E-state index contributed by atoms with van der Waals surface area (Å²) < 4.78 is 21.8. The molecule has 0 fully saturated rings. The Morgan fingerprint density at radius 3 is 1.92 bits per heavy atom. The summed E-state index contributed by atoms with van der Waals surface area (Å²) in [6.07, 6.45) is 1.41. The third kappa shape index (κ3) is 4.48. The Bertz CT molecular complexity index is 829. The monoisotopic (exact) mass is 342 g/mol. The molecular formula is C15H14N6O2S. The van der Waals surface area contributed by atoms with Gasteiger partial charge in [0.15, 0.2) is 0 Å². The molecule has 24 heavy (non-hydrogen) atoms. The van der Waals surface area contributed by atoms with Crippen LogP contribution in [0, 0.1) is 0 Å². The zero-order valence-corrected chi connectivity index (χ0v) is 13.2. The van der Waals surface area contributed by atoms with Crippen LogP contribution >= 0.6 is 0 Å². The molecule has 1 heterocycles. The number of para-hydroxylation sites is 1. The number of nitrogens with zero attached hydrogens (tertiary/aromatic N) is 3. The summed E-state index contributed by atoms with van der Waals surface area (Å²) in [4.78, 5) is 12.4. The standard InChI is InChI=1S/C15H14N6O2S/c22-24(23)21-13-8-6-12(7-9-13)19-15-17-10-16-14(20-15)18-11-4-2-1-3-5-11/h1-10,21H,(H,22,23)(H2,16,17,18,19,20). The maximum atomic E-state index is 10.7. The van der Waals surface area contributed by atoms with Gasteiger partial charge >= 0.3 is 0 Å². The van der Waals surface area contributed by atoms with Gasteiger partial charge < -0.3 is 10.6 Å². The molecule has 0 spiro atoms. The van der Waals surface area contributed by atoms with E-state index in [9.17, 15) is 4.21 Å². The highest BCUT2D eigenvalue weighted by Crippen LogP contribution is 2.18. The molecule has 0 radical (unpaired) electrons. The fraction of sp³-hybridized carbons (Fsp3) is 0. The fourth-order valence-electron chi connectivity index (χ4n) is 1.92. The molecule has 9 heteroatoms. The number of hydrogen-bond donors (Lipinski definition) is 4. The van der Waals surface area contributed by atoms with Crippen molar-refractivity contribution >= 4 is 40.2 Å². The molecule has 8 nitrogen and oxygen atoms in total. The Labute approximate surface area is 140 Å². The Kier molecular flexibility index (Phi) is 4.94. The summed E-state index contributed by atoms with van der Waals surface area (Å²) >= 11 is -2.10. The first-order valence-corrected chi connectivity index (χ1v) is 8.05. The Hall–Kier alpha value is -3.04. The van der Waals surface area contributed by atoms with Gasteiger partial charge in [-0.15, -0.1) is 0 Å². The molecule has 122 valence electrons. The first-order chi connectivity index (χ1) is 11.7. The quantitative estimate of drug-likeness (QED) is 0.510. The van der Waals surface area contributed by atoms with Crippen molar-refractivity contribution in [2.24, 2.45) is 0 Å². The molecule has 4 N–H and O–H groups in total. The van der Waals surface area contributed by atoms with Crippen LogP contribution in [0.3, 0.4) is 0 Å². The Morgan fingerprint density at radius 1 is 0.792 bits per heavy atom. The maximum absolute atomic E-state index is 10.7. The number of aromatic nitrogens is 3. The van der Waals surface area contributed by atoms with E-state index in [0.717, 1.165) is 11.4 Å². The molecule has 1 unspecified atom stereocenters. The zero-order valence-electron chi connectivity index (χ0n) is 12.4. The second-order valence-electron chi connectivity index (χ2n) is 4.68. The lowest BCUT2D eigenvalue weighted by Gasteiger charge is -2.08. The van der Waals surface area contributed by atoms with Crippen LogP contribution in [0.15, 0.2) is 60.9 Å². The molecule has 3 aromatic rings. The number of hydrogen-bond acceptors (Lipinski definition) is 6. The molecule has 1 aromatic heterocycles. The van der Waals surface area contributed by atoms with E-state index in [2.05, 4.69) is 30.3 Å². The third-order valence-electron chi connectivity index (χ3n) is 2.95. The van der Waals surface area contributed by atoms with Gasteiger partial charge in [0.1, 0.15) is 6.33 Å². The number of benzene rings is 2. The van der Waals surface area contributed by atoms with Gasteiger partial charge in [0.25, 0.3) is 11.3 Å². The summed E-state index contributed by atoms with van der Waals surface area (Å²) in [7, 11) is 0. The van der Waals surface area contributed by atoms with E-state index in [1.165, 1.54) is 6.33 Å². The van der Waals surface area contributed by atoms with Crippen molar-refractivity contribution in [3.8, 4) is 0 Å². The molecule has 2 aromatic carbocycles. The fourth-order valence-corrected chi connectivity index (χ4v) is 2.26. The van der Waals surface area contributed by atoms with Crippen LogP contribution < -0.4 is 15.4 Å². The average molecular weight is 342 g/mol. The van der Waals surface area contributed by atoms with Crippen molar-refractivity contribution < 1.29 is 8.76 Å². The van der Waals surface area contributed by atoms with Crippen LogP contribution in [-0.2, 0) is 11.3 Å². The van der Waals surface area contributed by atoms with E-state index >= 15 is 0 Å². The van der Waals surface area contributed by atoms with Gasteiger partial charge in [0, 0.05) is 17.1 Å². The summed E-state index contributed by atoms with van der Waals surface area (Å²) in [5, 5.41) is 6.13. The van der Waals surface area contributed by atoms with Crippen LogP contribution in [0.2, 0.25) is 0 Å². The largest absolute Gasteiger partial charge is 0.324 e. The lowest BCUT2D eigenvalue weighted by Crippen LogP contribution is -2.03. The van der Waals surface area contributed by atoms with E-state index in [1.807, 2.05) is 30.3 Å². The minimum atomic E-state index is -2.10. The van der Waals surface area contributed by atoms with E-state index in [0.29, 0.717) is 17.6 Å². The number of anilines is 5. The topological polar surface area (TPSA) is 112 Å². The Balaban J connectivity index is 1.69. The molecule has 0 aliphatic carbocycles. The molecule has 0 saturated carbocycles. The van der Waals surface area contributed by atoms with Crippen LogP contribution in [0.1, 0.15) is 0 Å². The van der Waals surface area contributed by atoms with Crippen molar-refractivity contribution in [3.05, 3.63) is 60.9 Å². The lowest BCUT2D eigenvalue weighted by molar-refractivity contribution is 0.570. The second-order valence-corrected chi connectivity index (χ2v) is 5.38. The van der Waals surface area contributed by atoms with Crippen molar-refractivity contribution in [3.63, 3.8) is 0 Å². The lowest BCUT2D eigenvalue weighted by atomic mass is 10.3. The minimum Gasteiger partial charge on any atom is -0.324 e. The zero-order chi connectivity index (χ0) is 16.8. The first-order valence-electron chi connectivity index (χ1n) is 6.95. The predicted molar refractivity (Wildman–Crippen MR) is 93.7 cm³/mol. The molecule has 0 aliphatic rings. The van der Waals surface area contributed by atoms with Crippen molar-refractivity contribution in [1.29, 1.82) is 0 Å². The normalized spacial score (nSPS) is 11.5. The second kappa shape index (κ2) is 7.49. The van der Waals surface area contributed by atoms with Crippen molar-refractivity contribution in [2.75, 3.05) is 15.4 Å². The van der Waals surface area contributed by atoms with Gasteiger partial charge in [-0.3, -0.25) is 9.27 Å². The van der Waals surface area contributed by atoms with Crippen LogP contribution in [0.4, 0.5) is 29.0 Å². The van der Waals surface area contributed by atoms with Crippen LogP contribution in [0.5, 0.6) is 0 Å². The van der Waals surface area contributed by atoms with Crippen molar-refractivity contribution in [2.45, 2.75) is 0 Å². The molecule has 0 aliphatic heterocycles. The van der Waals surface area contributed by atoms with Gasteiger partial charge in [-0.1, -0.05) is 18.2 Å². The predicted octanol–water partition coefficient (Wildman–Crippen LogP) is 2.91. The van der Waals surface area contributed by atoms with E-state index < -0.39 is 11.3 Å². The van der Waals surface area contributed by atoms with Gasteiger partial charge in [-0.25, -0.2) is 14.2 Å². The highest BCUT2D eigenvalue weighted by molar-refractivity contribution is 7.80. The molecular weight excluding hydrogens is 328 g/mol. The first kappa shape index (κ1) is 15.8. The van der Waals surface area contributed by atoms with Crippen molar-refractivity contribution in [1.82, 2.24) is 15.0 Å². The molecule has 0 amide bonds. The van der Waals surface area contributed by atoms with E-state index in [4.69, 9.17) is 4.55 Å².